The van der Waals surface area contributed by atoms with E-state index in [2.05, 4.69) is 58.8 Å². The number of aromatic amines is 1. The lowest BCUT2D eigenvalue weighted by Crippen LogP contribution is -2.58. The molecule has 3 heterocycles. The maximum absolute atomic E-state index is 15.1. The van der Waals surface area contributed by atoms with E-state index in [0.717, 1.165) is 6.42 Å². The third-order valence-electron chi connectivity index (χ3n) is 18.7. The number of hydrogen-bond acceptors (Lipinski definition) is 19. The molecule has 0 saturated carbocycles. The van der Waals surface area contributed by atoms with Gasteiger partial charge >= 0.3 is 11.9 Å². The number of hydrogen-bond donors (Lipinski definition) is 13. The smallest absolute Gasteiger partial charge is 0.305 e. The molecule has 0 aliphatic carbocycles. The van der Waals surface area contributed by atoms with Crippen molar-refractivity contribution >= 4 is 99.1 Å². The van der Waals surface area contributed by atoms with Crippen molar-refractivity contribution in [3.05, 3.63) is 66.8 Å². The zero-order valence-electron chi connectivity index (χ0n) is 59.3. The van der Waals surface area contributed by atoms with Crippen LogP contribution < -0.4 is 54.4 Å². The maximum atomic E-state index is 15.1. The molecule has 558 valence electrons. The lowest BCUT2D eigenvalue weighted by atomic mass is 9.84. The summed E-state index contributed by atoms with van der Waals surface area (Å²) in [6.07, 6.45) is 0.607. The minimum Gasteiger partial charge on any atom is -0.481 e. The Bertz CT molecular complexity index is 3200. The number of Topliss-reactive ketones (excluding diaryl/α,β-unsaturated/α-hetero) is 4. The molecule has 2 aliphatic rings. The maximum Gasteiger partial charge on any atom is 0.305 e. The van der Waals surface area contributed by atoms with E-state index in [1.807, 2.05) is 27.7 Å². The van der Waals surface area contributed by atoms with Crippen molar-refractivity contribution in [2.75, 3.05) is 18.8 Å². The van der Waals surface area contributed by atoms with Crippen LogP contribution in [0.15, 0.2) is 60.5 Å². The number of primary amides is 1. The van der Waals surface area contributed by atoms with Gasteiger partial charge in [-0.3, -0.25) is 72.1 Å². The van der Waals surface area contributed by atoms with Crippen LogP contribution in [0.4, 0.5) is 0 Å². The van der Waals surface area contributed by atoms with Gasteiger partial charge in [0.1, 0.15) is 18.1 Å². The number of imidazole rings is 1. The predicted octanol–water partition coefficient (Wildman–Crippen LogP) is 2.85. The van der Waals surface area contributed by atoms with Gasteiger partial charge in [-0.15, -0.1) is 18.3 Å². The number of thioether (sulfide) groups is 1. The highest BCUT2D eigenvalue weighted by Crippen LogP contribution is 2.28. The molecule has 2 aromatic rings. The average Bonchev–Trinajstić information content (AvgIpc) is 1.81. The number of aliphatic carboxylic acids is 2. The Morgan fingerprint density at radius 2 is 1.40 bits per heavy atom. The summed E-state index contributed by atoms with van der Waals surface area (Å²) in [7, 11) is 0. The number of aromatic nitrogens is 2. The number of amides is 8. The number of carbonyl (C=O) groups is 14. The molecule has 16 N–H and O–H groups in total. The van der Waals surface area contributed by atoms with Gasteiger partial charge in [0.05, 0.1) is 59.6 Å². The average molecular weight is 1430 g/mol. The molecule has 0 bridgehead atoms. The highest BCUT2D eigenvalue weighted by atomic mass is 32.2. The van der Waals surface area contributed by atoms with Gasteiger partial charge in [-0.25, -0.2) is 4.98 Å². The minimum atomic E-state index is -1.82. The third-order valence-corrected chi connectivity index (χ3v) is 19.8. The zero-order chi connectivity index (χ0) is 75.0. The van der Waals surface area contributed by atoms with Crippen LogP contribution in [0.25, 0.3) is 0 Å². The van der Waals surface area contributed by atoms with Crippen molar-refractivity contribution < 1.29 is 77.3 Å². The summed E-state index contributed by atoms with van der Waals surface area (Å²) >= 11 is 1.37. The molecule has 15 unspecified atom stereocenters. The molecule has 1 aromatic carbocycles. The Labute approximate surface area is 595 Å². The number of aliphatic imine (C=N–C) groups is 1. The Kier molecular flexibility index (Phi) is 36.4. The van der Waals surface area contributed by atoms with Crippen molar-refractivity contribution in [3.8, 4) is 0 Å². The highest BCUT2D eigenvalue weighted by molar-refractivity contribution is 8.14. The summed E-state index contributed by atoms with van der Waals surface area (Å²) in [6.45, 7) is 16.6. The first-order chi connectivity index (χ1) is 47.9. The molecule has 0 radical (unpaired) electrons. The van der Waals surface area contributed by atoms with Crippen molar-refractivity contribution in [2.45, 2.75) is 219 Å². The van der Waals surface area contributed by atoms with Crippen LogP contribution in [-0.4, -0.2) is 175 Å². The number of carboxylic acids is 2. The topological polar surface area (TPSA) is 483 Å². The summed E-state index contributed by atoms with van der Waals surface area (Å²) in [5.41, 5.74) is 18.8. The normalized spacial score (nSPS) is 23.2. The monoisotopic (exact) mass is 1430 g/mol. The van der Waals surface area contributed by atoms with E-state index in [-0.39, 0.29) is 101 Å². The lowest BCUT2D eigenvalue weighted by molar-refractivity contribution is -0.141. The van der Waals surface area contributed by atoms with Crippen molar-refractivity contribution in [1.82, 2.24) is 47.2 Å². The molecule has 0 spiro atoms. The predicted molar refractivity (Wildman–Crippen MR) is 379 cm³/mol. The largest absolute Gasteiger partial charge is 0.481 e. The second-order valence-electron chi connectivity index (χ2n) is 27.3. The molecule has 2 aliphatic heterocycles. The number of H-pyrrole nitrogens is 1. The molecule has 15 atom stereocenters. The fourth-order valence-corrected chi connectivity index (χ4v) is 13.3. The van der Waals surface area contributed by atoms with E-state index in [1.54, 1.807) is 51.1 Å². The zero-order valence-corrected chi connectivity index (χ0v) is 60.1. The second kappa shape index (κ2) is 43.3. The molecule has 101 heavy (non-hydrogen) atoms. The van der Waals surface area contributed by atoms with Crippen molar-refractivity contribution in [3.63, 3.8) is 0 Å². The fourth-order valence-electron chi connectivity index (χ4n) is 12.1. The van der Waals surface area contributed by atoms with E-state index in [1.165, 1.54) is 30.4 Å². The number of rotatable bonds is 34. The molecule has 1 saturated heterocycles. The quantitative estimate of drug-likeness (QED) is 0.0448. The Balaban J connectivity index is 1.79. The van der Waals surface area contributed by atoms with Gasteiger partial charge in [0, 0.05) is 87.6 Å². The van der Waals surface area contributed by atoms with Gasteiger partial charge in [0.2, 0.25) is 47.3 Å². The second-order valence-corrected chi connectivity index (χ2v) is 28.3. The van der Waals surface area contributed by atoms with Gasteiger partial charge < -0.3 is 69.6 Å². The van der Waals surface area contributed by atoms with E-state index in [0.29, 0.717) is 22.8 Å². The molecule has 1 fully saturated rings. The minimum absolute atomic E-state index is 0.0157. The Hall–Kier alpha value is -8.51. The summed E-state index contributed by atoms with van der Waals surface area (Å²) < 4.78 is 0. The first kappa shape index (κ1) is 84.9. The number of nitrogens with two attached hydrogens (primary N) is 3. The van der Waals surface area contributed by atoms with Crippen molar-refractivity contribution in [2.24, 2.45) is 69.5 Å². The van der Waals surface area contributed by atoms with Crippen LogP contribution in [0, 0.1) is 47.3 Å². The highest BCUT2D eigenvalue weighted by Gasteiger charge is 2.40. The fraction of sp³-hybridized carbons (Fsp3) is 0.634. The molecule has 29 nitrogen and oxygen atoms in total. The molecule has 1 aromatic heterocycles. The van der Waals surface area contributed by atoms with Gasteiger partial charge in [0.15, 0.2) is 23.1 Å². The number of carbonyl (C=O) groups excluding carboxylic acids is 12. The Morgan fingerprint density at radius 3 is 2.00 bits per heavy atom. The van der Waals surface area contributed by atoms with Crippen LogP contribution >= 0.6 is 11.8 Å². The molecular weight excluding hydrogens is 1320 g/mol. The Morgan fingerprint density at radius 1 is 0.743 bits per heavy atom. The van der Waals surface area contributed by atoms with Crippen LogP contribution in [0.2, 0.25) is 0 Å². The van der Waals surface area contributed by atoms with Gasteiger partial charge in [-0.1, -0.05) is 104 Å². The number of ketones is 4. The van der Waals surface area contributed by atoms with Crippen LogP contribution in [-0.2, 0) is 80.0 Å². The first-order valence-corrected chi connectivity index (χ1v) is 36.1. The third kappa shape index (κ3) is 28.8. The van der Waals surface area contributed by atoms with Crippen LogP contribution in [0.5, 0.6) is 0 Å². The number of nitrogens with one attached hydrogen (secondary N) is 8. The van der Waals surface area contributed by atoms with Gasteiger partial charge in [0.25, 0.3) is 0 Å². The molecule has 30 heteroatoms. The number of benzene rings is 1. The van der Waals surface area contributed by atoms with E-state index in [9.17, 15) is 67.7 Å². The summed E-state index contributed by atoms with van der Waals surface area (Å²) in [4.78, 5) is 208. The SMILES string of the molecule is C=CCC(C)C(NC(=O)C(CCC(=O)O)CC(=O)C(CC(C)C)NC(=O)C1CSC(C(N)C(C)CC)=N1)C(=O)CC1CCCCNC(=O)C(CC(N)=O)CC(=O)C(CC(=O)O)NC(=O)C(Cc2c[nH]cn2)NC(=O)C(Cc2ccccc2)NC(=O)C(C(C)CC)CC(=O)C(CCCN)NC1=O. The van der Waals surface area contributed by atoms with Gasteiger partial charge in [-0.05, 0) is 80.7 Å². The lowest BCUT2D eigenvalue weighted by Gasteiger charge is -2.29. The number of allylic oxidation sites excluding steroid dienone is 1. The standard InChI is InChI=1S/C71H107N13O16S/c1-9-18-42(8)63(84-66(96)45(23-24-60(90)91)29-55(85)50(27-39(4)5)79-70(100)54-37-101-71(83-54)62(74)41(7)11-3)58(88)30-44-21-15-16-26-76-64(94)46(32-59(73)89)31-56(86)51(35-61(92)93)80-69(99)53(33-47-36-75-38-77-47)82-68(98)52(28-43-19-13-12-14-20-43)81-67(97)48(40(6)10-2)34-57(87)49(22-17-25-72)78-65(44)95/h9,12-14,19-20,36,38-42,44-46,48-54,62-63H,1,10-11,15-18,21-35,37,72,74H2,2-8H3,(H2,73,89)(H,75,77)(H,76,94)(H,78,95)(H,79,100)(H,80,99)(H,81,97)(H,82,98)(H,84,96)(H,90,91)(H,92,93). The number of nitrogens with zero attached hydrogens (tertiary/aromatic N) is 2. The molecule has 4 rings (SSSR count). The van der Waals surface area contributed by atoms with Crippen LogP contribution in [0.3, 0.4) is 0 Å². The summed E-state index contributed by atoms with van der Waals surface area (Å²) in [5, 5.41) is 39.5. The van der Waals surface area contributed by atoms with Crippen molar-refractivity contribution in [1.29, 1.82) is 0 Å². The summed E-state index contributed by atoms with van der Waals surface area (Å²) in [5.74, 6) is -18.5. The van der Waals surface area contributed by atoms with E-state index < -0.39 is 205 Å². The van der Waals surface area contributed by atoms with Gasteiger partial charge in [-0.2, -0.15) is 0 Å². The van der Waals surface area contributed by atoms with Crippen LogP contribution in [0.1, 0.15) is 169 Å². The van der Waals surface area contributed by atoms with E-state index in [4.69, 9.17) is 17.2 Å². The molecular formula is C71H107N13O16S. The summed E-state index contributed by atoms with van der Waals surface area (Å²) in [6, 6.07) is -1.30. The molecule has 8 amide bonds. The first-order valence-electron chi connectivity index (χ1n) is 35.1. The number of carboxylic acid groups (broad SMARTS) is 2. The van der Waals surface area contributed by atoms with E-state index >= 15 is 9.59 Å².